The zero-order chi connectivity index (χ0) is 22.7. The second kappa shape index (κ2) is 7.29. The van der Waals surface area contributed by atoms with Crippen molar-refractivity contribution in [1.82, 2.24) is 14.7 Å². The predicted molar refractivity (Wildman–Crippen MR) is 124 cm³/mol. The van der Waals surface area contributed by atoms with Gasteiger partial charge in [0.2, 0.25) is 0 Å². The summed E-state index contributed by atoms with van der Waals surface area (Å²) < 4.78 is 16.2. The number of aryl methyl sites for hydroxylation is 1. The fraction of sp³-hybridized carbons (Fsp3) is 0.407. The number of carbonyl (C=O) groups is 1. The Morgan fingerprint density at radius 3 is 2.50 bits per heavy atom. The Kier molecular flexibility index (Phi) is 4.77. The van der Waals surface area contributed by atoms with Gasteiger partial charge in [0.05, 0.1) is 11.4 Å². The third-order valence-corrected chi connectivity index (χ3v) is 7.03. The number of fused-ring (bicyclic) bond motifs is 2. The van der Waals surface area contributed by atoms with Crippen molar-refractivity contribution >= 4 is 5.91 Å². The molecule has 3 aromatic rings. The van der Waals surface area contributed by atoms with E-state index in [-0.39, 0.29) is 28.6 Å². The van der Waals surface area contributed by atoms with Gasteiger partial charge in [-0.05, 0) is 67.3 Å². The molecule has 5 heteroatoms. The van der Waals surface area contributed by atoms with E-state index >= 15 is 0 Å². The average Bonchev–Trinajstić information content (AvgIpc) is 3.26. The van der Waals surface area contributed by atoms with Crippen LogP contribution in [0.4, 0.5) is 4.39 Å². The van der Waals surface area contributed by atoms with E-state index in [1.54, 1.807) is 28.9 Å². The van der Waals surface area contributed by atoms with Crippen molar-refractivity contribution < 1.29 is 9.18 Å². The van der Waals surface area contributed by atoms with Crippen molar-refractivity contribution in [3.8, 4) is 16.9 Å². The molecule has 2 aliphatic rings. The van der Waals surface area contributed by atoms with Crippen LogP contribution in [0.25, 0.3) is 16.9 Å². The highest BCUT2D eigenvalue weighted by Gasteiger charge is 2.51. The van der Waals surface area contributed by atoms with Crippen molar-refractivity contribution in [2.45, 2.75) is 53.0 Å². The summed E-state index contributed by atoms with van der Waals surface area (Å²) in [6, 6.07) is 16.5. The average molecular weight is 432 g/mol. The van der Waals surface area contributed by atoms with Crippen LogP contribution in [0.5, 0.6) is 0 Å². The molecule has 166 valence electrons. The Morgan fingerprint density at radius 1 is 1.06 bits per heavy atom. The molecular formula is C27H30FN3O. The molecule has 1 amide bonds. The van der Waals surface area contributed by atoms with E-state index in [1.165, 1.54) is 6.07 Å². The van der Waals surface area contributed by atoms with E-state index in [1.807, 2.05) is 36.1 Å². The molecule has 2 fully saturated rings. The van der Waals surface area contributed by atoms with E-state index < -0.39 is 0 Å². The van der Waals surface area contributed by atoms with Crippen LogP contribution in [0.3, 0.4) is 0 Å². The van der Waals surface area contributed by atoms with Crippen LogP contribution in [-0.4, -0.2) is 33.2 Å². The van der Waals surface area contributed by atoms with Gasteiger partial charge >= 0.3 is 0 Å². The highest BCUT2D eigenvalue weighted by Crippen LogP contribution is 2.52. The molecule has 0 spiro atoms. The molecule has 5 rings (SSSR count). The molecule has 1 saturated carbocycles. The highest BCUT2D eigenvalue weighted by molar-refractivity contribution is 5.95. The molecule has 2 unspecified atom stereocenters. The molecule has 2 atom stereocenters. The van der Waals surface area contributed by atoms with Gasteiger partial charge < -0.3 is 4.90 Å². The highest BCUT2D eigenvalue weighted by atomic mass is 19.1. The summed E-state index contributed by atoms with van der Waals surface area (Å²) in [7, 11) is 0. The van der Waals surface area contributed by atoms with Gasteiger partial charge in [0, 0.05) is 18.2 Å². The van der Waals surface area contributed by atoms with Crippen molar-refractivity contribution in [2.75, 3.05) is 6.54 Å². The van der Waals surface area contributed by atoms with Crippen molar-refractivity contribution in [3.63, 3.8) is 0 Å². The number of rotatable bonds is 3. The van der Waals surface area contributed by atoms with Crippen LogP contribution < -0.4 is 0 Å². The summed E-state index contributed by atoms with van der Waals surface area (Å²) in [4.78, 5) is 15.9. The zero-order valence-corrected chi connectivity index (χ0v) is 19.2. The summed E-state index contributed by atoms with van der Waals surface area (Å²) in [5, 5.41) is 4.69. The number of halogens is 1. The van der Waals surface area contributed by atoms with Crippen molar-refractivity contribution in [3.05, 3.63) is 71.7 Å². The first-order valence-electron chi connectivity index (χ1n) is 11.4. The molecule has 32 heavy (non-hydrogen) atoms. The minimum Gasteiger partial charge on any atom is -0.334 e. The third kappa shape index (κ3) is 3.64. The van der Waals surface area contributed by atoms with E-state index in [4.69, 9.17) is 5.10 Å². The van der Waals surface area contributed by atoms with Gasteiger partial charge in [0.1, 0.15) is 11.5 Å². The first-order valence-corrected chi connectivity index (χ1v) is 11.4. The van der Waals surface area contributed by atoms with Gasteiger partial charge in [-0.3, -0.25) is 4.79 Å². The predicted octanol–water partition coefficient (Wildman–Crippen LogP) is 6.03. The van der Waals surface area contributed by atoms with E-state index in [9.17, 15) is 9.18 Å². The van der Waals surface area contributed by atoms with Gasteiger partial charge in [0.15, 0.2) is 0 Å². The standard InChI is InChI=1S/C27H30FN3O/c1-18-9-11-19(12-10-18)31-24(13-23(29-31)21-7-5-6-8-22(21)28)25(32)30-17-27(4)15-20(30)14-26(2,3)16-27/h5-13,20H,14-17H2,1-4H3. The van der Waals surface area contributed by atoms with Gasteiger partial charge in [-0.1, -0.05) is 50.6 Å². The fourth-order valence-corrected chi connectivity index (χ4v) is 6.06. The fourth-order valence-electron chi connectivity index (χ4n) is 6.06. The Labute approximate surface area is 189 Å². The lowest BCUT2D eigenvalue weighted by Gasteiger charge is -2.39. The number of likely N-dealkylation sites (tertiary alicyclic amines) is 1. The van der Waals surface area contributed by atoms with Crippen molar-refractivity contribution in [2.24, 2.45) is 10.8 Å². The van der Waals surface area contributed by atoms with Gasteiger partial charge in [-0.2, -0.15) is 5.10 Å². The molecule has 1 saturated heterocycles. The van der Waals surface area contributed by atoms with Gasteiger partial charge in [-0.25, -0.2) is 9.07 Å². The maximum atomic E-state index is 14.5. The van der Waals surface area contributed by atoms with Gasteiger partial charge in [0.25, 0.3) is 5.91 Å². The van der Waals surface area contributed by atoms with Gasteiger partial charge in [-0.15, -0.1) is 0 Å². The molecule has 4 nitrogen and oxygen atoms in total. The lowest BCUT2D eigenvalue weighted by atomic mass is 9.65. The summed E-state index contributed by atoms with van der Waals surface area (Å²) in [5.41, 5.74) is 3.66. The number of benzene rings is 2. The second-order valence-corrected chi connectivity index (χ2v) is 10.8. The number of aromatic nitrogens is 2. The lowest BCUT2D eigenvalue weighted by Crippen LogP contribution is -2.38. The monoisotopic (exact) mass is 431 g/mol. The summed E-state index contributed by atoms with van der Waals surface area (Å²) in [5.74, 6) is -0.363. The molecule has 1 aliphatic carbocycles. The van der Waals surface area contributed by atoms with Crippen LogP contribution >= 0.6 is 0 Å². The molecule has 0 N–H and O–H groups in total. The molecule has 2 heterocycles. The lowest BCUT2D eigenvalue weighted by molar-refractivity contribution is 0.0699. The smallest absolute Gasteiger partial charge is 0.272 e. The Balaban J connectivity index is 1.59. The first-order chi connectivity index (χ1) is 15.1. The van der Waals surface area contributed by atoms with Crippen LogP contribution in [0.2, 0.25) is 0 Å². The third-order valence-electron chi connectivity index (χ3n) is 7.03. The Bertz CT molecular complexity index is 1180. The Morgan fingerprint density at radius 2 is 1.78 bits per heavy atom. The molecule has 2 bridgehead atoms. The number of carbonyl (C=O) groups excluding carboxylic acids is 1. The maximum Gasteiger partial charge on any atom is 0.272 e. The number of hydrogen-bond acceptors (Lipinski definition) is 2. The Hall–Kier alpha value is -2.95. The zero-order valence-electron chi connectivity index (χ0n) is 19.2. The summed E-state index contributed by atoms with van der Waals surface area (Å²) in [6.07, 6.45) is 3.17. The molecule has 0 radical (unpaired) electrons. The quantitative estimate of drug-likeness (QED) is 0.508. The number of amides is 1. The SMILES string of the molecule is Cc1ccc(-n2nc(-c3ccccc3F)cc2C(=O)N2CC3(C)CC2CC(C)(C)C3)cc1. The summed E-state index contributed by atoms with van der Waals surface area (Å²) >= 11 is 0. The molecular weight excluding hydrogens is 401 g/mol. The van der Waals surface area contributed by atoms with E-state index in [2.05, 4.69) is 20.8 Å². The maximum absolute atomic E-state index is 14.5. The van der Waals surface area contributed by atoms with Crippen LogP contribution in [-0.2, 0) is 0 Å². The van der Waals surface area contributed by atoms with Crippen molar-refractivity contribution in [1.29, 1.82) is 0 Å². The molecule has 1 aromatic heterocycles. The minimum absolute atomic E-state index is 0.0212. The molecule has 2 aromatic carbocycles. The topological polar surface area (TPSA) is 38.1 Å². The van der Waals surface area contributed by atoms with Crippen LogP contribution in [0, 0.1) is 23.6 Å². The number of nitrogens with zero attached hydrogens (tertiary/aromatic N) is 3. The van der Waals surface area contributed by atoms with Crippen LogP contribution in [0.15, 0.2) is 54.6 Å². The largest absolute Gasteiger partial charge is 0.334 e. The van der Waals surface area contributed by atoms with E-state index in [0.29, 0.717) is 17.0 Å². The normalized spacial score (nSPS) is 24.0. The minimum atomic E-state index is -0.341. The molecule has 1 aliphatic heterocycles. The summed E-state index contributed by atoms with van der Waals surface area (Å²) in [6.45, 7) is 9.69. The second-order valence-electron chi connectivity index (χ2n) is 10.8. The van der Waals surface area contributed by atoms with Crippen LogP contribution in [0.1, 0.15) is 56.1 Å². The first kappa shape index (κ1) is 20.9. The van der Waals surface area contributed by atoms with E-state index in [0.717, 1.165) is 37.1 Å². The number of hydrogen-bond donors (Lipinski definition) is 0.